The Morgan fingerprint density at radius 2 is 2.00 bits per heavy atom. The second kappa shape index (κ2) is 6.08. The van der Waals surface area contributed by atoms with E-state index in [1.807, 2.05) is 0 Å². The van der Waals surface area contributed by atoms with Crippen molar-refractivity contribution in [1.29, 1.82) is 0 Å². The van der Waals surface area contributed by atoms with Crippen molar-refractivity contribution in [3.8, 4) is 0 Å². The highest BCUT2D eigenvalue weighted by molar-refractivity contribution is 9.10. The van der Waals surface area contributed by atoms with Crippen LogP contribution >= 0.6 is 15.9 Å². The third-order valence-electron chi connectivity index (χ3n) is 2.11. The monoisotopic (exact) mass is 324 g/mol. The van der Waals surface area contributed by atoms with Gasteiger partial charge in [-0.25, -0.2) is 0 Å². The summed E-state index contributed by atoms with van der Waals surface area (Å²) >= 11 is 3.16. The Balaban J connectivity index is 2.67. The number of nitrogens with one attached hydrogen (secondary N) is 2. The second-order valence-corrected chi connectivity index (χ2v) is 4.46. The number of rotatable bonds is 4. The zero-order valence-electron chi connectivity index (χ0n) is 9.57. The molecule has 0 aliphatic heterocycles. The number of hydrogen-bond donors (Lipinski definition) is 2. The molecule has 3 nitrogen and oxygen atoms in total. The van der Waals surface area contributed by atoms with Gasteiger partial charge in [0.15, 0.2) is 0 Å². The van der Waals surface area contributed by atoms with E-state index in [9.17, 15) is 18.0 Å². The predicted molar refractivity (Wildman–Crippen MR) is 66.3 cm³/mol. The van der Waals surface area contributed by atoms with Crippen molar-refractivity contribution in [2.45, 2.75) is 13.1 Å². The zero-order valence-corrected chi connectivity index (χ0v) is 11.2. The quantitative estimate of drug-likeness (QED) is 0.836. The van der Waals surface area contributed by atoms with E-state index in [4.69, 9.17) is 0 Å². The lowest BCUT2D eigenvalue weighted by Gasteiger charge is -2.12. The van der Waals surface area contributed by atoms with Gasteiger partial charge in [-0.1, -0.05) is 0 Å². The molecule has 2 N–H and O–H groups in total. The molecule has 0 bridgehead atoms. The Morgan fingerprint density at radius 1 is 1.33 bits per heavy atom. The van der Waals surface area contributed by atoms with E-state index in [2.05, 4.69) is 26.6 Å². The number of carbonyl (C=O) groups excluding carboxylic acids is 1. The number of anilines is 1. The number of hydrogen-bond acceptors (Lipinski definition) is 2. The van der Waals surface area contributed by atoms with Crippen molar-refractivity contribution < 1.29 is 18.0 Å². The minimum absolute atomic E-state index is 0.181. The van der Waals surface area contributed by atoms with Gasteiger partial charge in [-0.3, -0.25) is 4.79 Å². The van der Waals surface area contributed by atoms with Crippen molar-refractivity contribution in [3.63, 3.8) is 0 Å². The van der Waals surface area contributed by atoms with Gasteiger partial charge in [0.2, 0.25) is 5.91 Å². The summed E-state index contributed by atoms with van der Waals surface area (Å²) in [6, 6.07) is 3.37. The number of carbonyl (C=O) groups is 1. The summed E-state index contributed by atoms with van der Waals surface area (Å²) in [4.78, 5) is 10.6. The molecule has 0 aliphatic rings. The fourth-order valence-corrected chi connectivity index (χ4v) is 1.66. The average molecular weight is 325 g/mol. The molecule has 0 saturated heterocycles. The molecule has 18 heavy (non-hydrogen) atoms. The highest BCUT2D eigenvalue weighted by atomic mass is 79.9. The molecular weight excluding hydrogens is 313 g/mol. The molecular formula is C11H12BrF3N2O. The molecule has 0 atom stereocenters. The molecule has 0 fully saturated rings. The maximum Gasteiger partial charge on any atom is 0.416 e. The molecule has 100 valence electrons. The summed E-state index contributed by atoms with van der Waals surface area (Å²) in [5, 5.41) is 5.36. The molecule has 0 unspecified atom stereocenters. The first-order chi connectivity index (χ1) is 8.30. The van der Waals surface area contributed by atoms with Gasteiger partial charge in [0.1, 0.15) is 0 Å². The largest absolute Gasteiger partial charge is 0.416 e. The fourth-order valence-electron chi connectivity index (χ4n) is 1.27. The van der Waals surface area contributed by atoms with Gasteiger partial charge in [0.25, 0.3) is 0 Å². The Bertz CT molecular complexity index is 435. The molecule has 0 aromatic heterocycles. The summed E-state index contributed by atoms with van der Waals surface area (Å²) in [7, 11) is 0. The Kier molecular flexibility index (Phi) is 5.01. The van der Waals surface area contributed by atoms with E-state index >= 15 is 0 Å². The van der Waals surface area contributed by atoms with Crippen LogP contribution in [0.3, 0.4) is 0 Å². The molecule has 0 saturated carbocycles. The van der Waals surface area contributed by atoms with Crippen molar-refractivity contribution >= 4 is 27.5 Å². The molecule has 1 amide bonds. The van der Waals surface area contributed by atoms with E-state index < -0.39 is 11.7 Å². The fraction of sp³-hybridized carbons (Fsp3) is 0.364. The number of amides is 1. The highest BCUT2D eigenvalue weighted by Gasteiger charge is 2.30. The highest BCUT2D eigenvalue weighted by Crippen LogP contribution is 2.33. The molecule has 1 aromatic carbocycles. The minimum atomic E-state index is -4.37. The topological polar surface area (TPSA) is 41.1 Å². The van der Waals surface area contributed by atoms with Crippen LogP contribution in [0.1, 0.15) is 12.5 Å². The van der Waals surface area contributed by atoms with Gasteiger partial charge in [-0.05, 0) is 34.1 Å². The van der Waals surface area contributed by atoms with E-state index in [0.717, 1.165) is 12.1 Å². The summed E-state index contributed by atoms with van der Waals surface area (Å²) in [6.45, 7) is 2.07. The van der Waals surface area contributed by atoms with Crippen molar-refractivity contribution in [2.75, 3.05) is 18.4 Å². The van der Waals surface area contributed by atoms with Gasteiger partial charge in [0, 0.05) is 30.2 Å². The number of benzene rings is 1. The normalized spacial score (nSPS) is 11.2. The molecule has 0 heterocycles. The lowest BCUT2D eigenvalue weighted by molar-refractivity contribution is -0.137. The van der Waals surface area contributed by atoms with Crippen LogP contribution in [-0.4, -0.2) is 19.0 Å². The minimum Gasteiger partial charge on any atom is -0.382 e. The van der Waals surface area contributed by atoms with E-state index in [1.54, 1.807) is 0 Å². The van der Waals surface area contributed by atoms with Crippen LogP contribution in [0.15, 0.2) is 22.7 Å². The molecule has 0 spiro atoms. The first-order valence-electron chi connectivity index (χ1n) is 5.16. The lowest BCUT2D eigenvalue weighted by Crippen LogP contribution is -2.26. The van der Waals surface area contributed by atoms with Crippen molar-refractivity contribution in [2.24, 2.45) is 0 Å². The van der Waals surface area contributed by atoms with Crippen LogP contribution in [-0.2, 0) is 11.0 Å². The van der Waals surface area contributed by atoms with Crippen LogP contribution in [0, 0.1) is 0 Å². The summed E-state index contributed by atoms with van der Waals surface area (Å²) in [5.74, 6) is -0.181. The number of halogens is 4. The van der Waals surface area contributed by atoms with E-state index in [0.29, 0.717) is 23.2 Å². The maximum absolute atomic E-state index is 12.5. The summed E-state index contributed by atoms with van der Waals surface area (Å²) in [6.07, 6.45) is -4.37. The van der Waals surface area contributed by atoms with Crippen LogP contribution in [0.5, 0.6) is 0 Å². The molecule has 0 radical (unpaired) electrons. The Hall–Kier alpha value is -1.24. The van der Waals surface area contributed by atoms with Crippen LogP contribution in [0.2, 0.25) is 0 Å². The van der Waals surface area contributed by atoms with Crippen molar-refractivity contribution in [1.82, 2.24) is 5.32 Å². The van der Waals surface area contributed by atoms with Crippen LogP contribution < -0.4 is 10.6 Å². The third-order valence-corrected chi connectivity index (χ3v) is 2.80. The van der Waals surface area contributed by atoms with Crippen LogP contribution in [0.4, 0.5) is 18.9 Å². The van der Waals surface area contributed by atoms with Crippen LogP contribution in [0.25, 0.3) is 0 Å². The predicted octanol–water partition coefficient (Wildman–Crippen LogP) is 3.02. The Labute approximate surface area is 111 Å². The van der Waals surface area contributed by atoms with Crippen molar-refractivity contribution in [3.05, 3.63) is 28.2 Å². The van der Waals surface area contributed by atoms with Gasteiger partial charge >= 0.3 is 6.18 Å². The standard InChI is InChI=1S/C11H12BrF3N2O/c1-7(18)16-4-5-17-10-6-8(11(13,14)15)2-3-9(10)12/h2-3,6,17H,4-5H2,1H3,(H,16,18). The third kappa shape index (κ3) is 4.56. The first kappa shape index (κ1) is 14.8. The molecule has 0 aliphatic carbocycles. The van der Waals surface area contributed by atoms with Gasteiger partial charge in [-0.15, -0.1) is 0 Å². The molecule has 1 rings (SSSR count). The van der Waals surface area contributed by atoms with E-state index in [-0.39, 0.29) is 5.91 Å². The first-order valence-corrected chi connectivity index (χ1v) is 5.95. The SMILES string of the molecule is CC(=O)NCCNc1cc(C(F)(F)F)ccc1Br. The smallest absolute Gasteiger partial charge is 0.382 e. The lowest BCUT2D eigenvalue weighted by atomic mass is 10.2. The summed E-state index contributed by atoms with van der Waals surface area (Å²) < 4.78 is 38.0. The zero-order chi connectivity index (χ0) is 13.8. The molecule has 7 heteroatoms. The van der Waals surface area contributed by atoms with Gasteiger partial charge in [0.05, 0.1) is 5.56 Å². The summed E-state index contributed by atoms with van der Waals surface area (Å²) in [5.41, 5.74) is -0.372. The maximum atomic E-state index is 12.5. The molecule has 1 aromatic rings. The average Bonchev–Trinajstić information content (AvgIpc) is 2.24. The van der Waals surface area contributed by atoms with Gasteiger partial charge < -0.3 is 10.6 Å². The second-order valence-electron chi connectivity index (χ2n) is 3.60. The number of alkyl halides is 3. The van der Waals surface area contributed by atoms with Gasteiger partial charge in [-0.2, -0.15) is 13.2 Å². The van der Waals surface area contributed by atoms with E-state index in [1.165, 1.54) is 13.0 Å². The Morgan fingerprint density at radius 3 is 2.56 bits per heavy atom.